The summed E-state index contributed by atoms with van der Waals surface area (Å²) in [6.45, 7) is 2.35. The zero-order chi connectivity index (χ0) is 17.9. The number of hydrogen-bond donors (Lipinski definition) is 3. The second-order valence-corrected chi connectivity index (χ2v) is 5.01. The largest absolute Gasteiger partial charge is 0.493 e. The third-order valence-corrected chi connectivity index (χ3v) is 3.35. The Balaban J connectivity index is 2.77. The number of aliphatic hydroxyl groups is 1. The molecular formula is C17H23N3O4. The summed E-state index contributed by atoms with van der Waals surface area (Å²) in [6, 6.07) is 6.90. The summed E-state index contributed by atoms with van der Waals surface area (Å²) in [5.41, 5.74) is 0.798. The number of nitrogens with one attached hydrogen (secondary N) is 2. The van der Waals surface area contributed by atoms with Crippen molar-refractivity contribution in [2.24, 2.45) is 0 Å². The number of carbonyl (C=O) groups is 1. The lowest BCUT2D eigenvalue weighted by Gasteiger charge is -2.16. The van der Waals surface area contributed by atoms with Crippen LogP contribution in [0.4, 0.5) is 0 Å². The number of benzene rings is 1. The Kier molecular flexibility index (Phi) is 8.16. The van der Waals surface area contributed by atoms with Crippen LogP contribution >= 0.6 is 0 Å². The van der Waals surface area contributed by atoms with E-state index in [0.717, 1.165) is 5.56 Å². The molecule has 0 heterocycles. The van der Waals surface area contributed by atoms with Crippen molar-refractivity contribution in [1.29, 1.82) is 5.26 Å². The molecule has 3 N–H and O–H groups in total. The molecule has 130 valence electrons. The van der Waals surface area contributed by atoms with Crippen molar-refractivity contribution in [2.45, 2.75) is 19.4 Å². The van der Waals surface area contributed by atoms with Crippen LogP contribution in [-0.4, -0.2) is 38.4 Å². The maximum absolute atomic E-state index is 12.2. The van der Waals surface area contributed by atoms with Crippen molar-refractivity contribution in [3.05, 3.63) is 35.5 Å². The fourth-order valence-electron chi connectivity index (χ4n) is 1.98. The zero-order valence-corrected chi connectivity index (χ0v) is 14.1. The first-order chi connectivity index (χ1) is 11.6. The van der Waals surface area contributed by atoms with Gasteiger partial charge in [-0.15, -0.1) is 0 Å². The minimum absolute atomic E-state index is 0.0275. The zero-order valence-electron chi connectivity index (χ0n) is 14.1. The van der Waals surface area contributed by atoms with Crippen molar-refractivity contribution in [3.8, 4) is 17.6 Å². The number of nitriles is 1. The van der Waals surface area contributed by atoms with Gasteiger partial charge in [-0.25, -0.2) is 0 Å². The number of nitrogens with zero attached hydrogens (tertiary/aromatic N) is 1. The summed E-state index contributed by atoms with van der Waals surface area (Å²) < 4.78 is 10.4. The normalized spacial score (nSPS) is 12.0. The Hall–Kier alpha value is -2.72. The molecule has 7 nitrogen and oxygen atoms in total. The Morgan fingerprint density at radius 3 is 2.67 bits per heavy atom. The van der Waals surface area contributed by atoms with Crippen LogP contribution in [0, 0.1) is 11.3 Å². The van der Waals surface area contributed by atoms with E-state index in [-0.39, 0.29) is 18.2 Å². The van der Waals surface area contributed by atoms with Gasteiger partial charge < -0.3 is 25.2 Å². The summed E-state index contributed by atoms with van der Waals surface area (Å²) in [7, 11) is 3.09. The van der Waals surface area contributed by atoms with Crippen LogP contribution in [0.5, 0.6) is 11.5 Å². The summed E-state index contributed by atoms with van der Waals surface area (Å²) in [6.07, 6.45) is 1.89. The number of methoxy groups -OCH3 is 2. The Bertz CT molecular complexity index is 623. The van der Waals surface area contributed by atoms with Gasteiger partial charge in [0.1, 0.15) is 11.6 Å². The summed E-state index contributed by atoms with van der Waals surface area (Å²) in [4.78, 5) is 12.2. The fraction of sp³-hybridized carbons (Fsp3) is 0.412. The van der Waals surface area contributed by atoms with Crippen LogP contribution in [0.3, 0.4) is 0 Å². The van der Waals surface area contributed by atoms with E-state index in [1.807, 2.05) is 19.1 Å². The smallest absolute Gasteiger partial charge is 0.263 e. The molecule has 0 spiro atoms. The minimum atomic E-state index is -0.476. The van der Waals surface area contributed by atoms with Crippen molar-refractivity contribution >= 4 is 5.91 Å². The first-order valence-corrected chi connectivity index (χ1v) is 7.54. The van der Waals surface area contributed by atoms with Crippen LogP contribution in [0.2, 0.25) is 0 Å². The molecule has 0 aliphatic heterocycles. The van der Waals surface area contributed by atoms with Crippen LogP contribution in [0.1, 0.15) is 24.9 Å². The topological polar surface area (TPSA) is 104 Å². The van der Waals surface area contributed by atoms with Gasteiger partial charge in [0.15, 0.2) is 11.5 Å². The van der Waals surface area contributed by atoms with E-state index in [1.54, 1.807) is 26.4 Å². The van der Waals surface area contributed by atoms with Gasteiger partial charge >= 0.3 is 0 Å². The van der Waals surface area contributed by atoms with Gasteiger partial charge in [-0.1, -0.05) is 6.07 Å². The van der Waals surface area contributed by atoms with Crippen molar-refractivity contribution in [3.63, 3.8) is 0 Å². The molecule has 0 aliphatic carbocycles. The minimum Gasteiger partial charge on any atom is -0.493 e. The maximum Gasteiger partial charge on any atom is 0.263 e. The predicted molar refractivity (Wildman–Crippen MR) is 89.5 cm³/mol. The quantitative estimate of drug-likeness (QED) is 0.357. The molecule has 0 saturated carbocycles. The van der Waals surface area contributed by atoms with Crippen LogP contribution in [0.25, 0.3) is 0 Å². The van der Waals surface area contributed by atoms with E-state index in [2.05, 4.69) is 10.6 Å². The SMILES string of the molecule is COc1ccc(C(C)NC(=O)/C(C#N)=C\NCCCO)cc1OC. The molecule has 7 heteroatoms. The number of hydrogen-bond acceptors (Lipinski definition) is 6. The van der Waals surface area contributed by atoms with E-state index in [0.29, 0.717) is 24.5 Å². The molecule has 0 aliphatic rings. The summed E-state index contributed by atoms with van der Waals surface area (Å²) >= 11 is 0. The number of rotatable bonds is 9. The lowest BCUT2D eigenvalue weighted by Crippen LogP contribution is -2.28. The van der Waals surface area contributed by atoms with Crippen LogP contribution in [-0.2, 0) is 4.79 Å². The molecule has 0 bridgehead atoms. The lowest BCUT2D eigenvalue weighted by molar-refractivity contribution is -0.117. The maximum atomic E-state index is 12.2. The standard InChI is InChI=1S/C17H23N3O4/c1-12(13-5-6-15(23-2)16(9-13)24-3)20-17(22)14(10-18)11-19-7-4-8-21/h5-6,9,11-12,19,21H,4,7-8H2,1-3H3,(H,20,22)/b14-11-. The number of ether oxygens (including phenoxy) is 2. The average molecular weight is 333 g/mol. The third-order valence-electron chi connectivity index (χ3n) is 3.35. The van der Waals surface area contributed by atoms with Gasteiger partial charge in [0.2, 0.25) is 0 Å². The molecular weight excluding hydrogens is 310 g/mol. The fourth-order valence-corrected chi connectivity index (χ4v) is 1.98. The molecule has 1 amide bonds. The number of aliphatic hydroxyl groups excluding tert-OH is 1. The van der Waals surface area contributed by atoms with Crippen molar-refractivity contribution in [1.82, 2.24) is 10.6 Å². The lowest BCUT2D eigenvalue weighted by atomic mass is 10.1. The third kappa shape index (κ3) is 5.48. The van der Waals surface area contributed by atoms with E-state index in [1.165, 1.54) is 6.20 Å². The van der Waals surface area contributed by atoms with Gasteiger partial charge in [-0.05, 0) is 31.0 Å². The predicted octanol–water partition coefficient (Wildman–Crippen LogP) is 1.26. The molecule has 0 aromatic heterocycles. The van der Waals surface area contributed by atoms with Gasteiger partial charge in [-0.3, -0.25) is 4.79 Å². The molecule has 1 rings (SSSR count). The highest BCUT2D eigenvalue weighted by atomic mass is 16.5. The van der Waals surface area contributed by atoms with E-state index >= 15 is 0 Å². The van der Waals surface area contributed by atoms with E-state index in [4.69, 9.17) is 19.8 Å². The molecule has 1 aromatic rings. The highest BCUT2D eigenvalue weighted by molar-refractivity contribution is 5.97. The van der Waals surface area contributed by atoms with E-state index < -0.39 is 5.91 Å². The van der Waals surface area contributed by atoms with Crippen LogP contribution in [0.15, 0.2) is 30.0 Å². The van der Waals surface area contributed by atoms with Crippen LogP contribution < -0.4 is 20.1 Å². The van der Waals surface area contributed by atoms with Gasteiger partial charge in [-0.2, -0.15) is 5.26 Å². The molecule has 0 fully saturated rings. The number of carbonyl (C=O) groups excluding carboxylic acids is 1. The first kappa shape index (κ1) is 19.3. The number of amides is 1. The van der Waals surface area contributed by atoms with Gasteiger partial charge in [0, 0.05) is 19.4 Å². The van der Waals surface area contributed by atoms with Crippen molar-refractivity contribution < 1.29 is 19.4 Å². The second kappa shape index (κ2) is 10.1. The molecule has 0 saturated heterocycles. The van der Waals surface area contributed by atoms with Crippen molar-refractivity contribution in [2.75, 3.05) is 27.4 Å². The molecule has 1 unspecified atom stereocenters. The monoisotopic (exact) mass is 333 g/mol. The highest BCUT2D eigenvalue weighted by Crippen LogP contribution is 2.29. The molecule has 1 atom stereocenters. The Morgan fingerprint density at radius 2 is 2.08 bits per heavy atom. The molecule has 1 aromatic carbocycles. The second-order valence-electron chi connectivity index (χ2n) is 5.01. The first-order valence-electron chi connectivity index (χ1n) is 7.54. The molecule has 0 radical (unpaired) electrons. The average Bonchev–Trinajstić information content (AvgIpc) is 2.60. The highest BCUT2D eigenvalue weighted by Gasteiger charge is 2.15. The van der Waals surface area contributed by atoms with Gasteiger partial charge in [0.25, 0.3) is 5.91 Å². The molecule has 24 heavy (non-hydrogen) atoms. The summed E-state index contributed by atoms with van der Waals surface area (Å²) in [5.74, 6) is 0.694. The van der Waals surface area contributed by atoms with Gasteiger partial charge in [0.05, 0.1) is 20.3 Å². The summed E-state index contributed by atoms with van der Waals surface area (Å²) in [5, 5.41) is 23.4. The Labute approximate surface area is 141 Å². The van der Waals surface area contributed by atoms with E-state index in [9.17, 15) is 4.79 Å². The Morgan fingerprint density at radius 1 is 1.38 bits per heavy atom.